The van der Waals surface area contributed by atoms with Crippen molar-refractivity contribution in [3.63, 3.8) is 0 Å². The van der Waals surface area contributed by atoms with Crippen LogP contribution >= 0.6 is 0 Å². The average Bonchev–Trinajstić information content (AvgIpc) is 2.28. The summed E-state index contributed by atoms with van der Waals surface area (Å²) in [6, 6.07) is 7.89. The summed E-state index contributed by atoms with van der Waals surface area (Å²) in [5.41, 5.74) is 0.940. The number of aliphatic hydroxyl groups excluding tert-OH is 1. The van der Waals surface area contributed by atoms with E-state index >= 15 is 0 Å². The van der Waals surface area contributed by atoms with Gasteiger partial charge in [-0.1, -0.05) is 13.8 Å². The molecule has 2 N–H and O–H groups in total. The minimum atomic E-state index is -0.104. The van der Waals surface area contributed by atoms with E-state index in [0.29, 0.717) is 0 Å². The standard InChI is InChI=1S/C14H23NO2/c1-11(2)17-13-7-5-12(6-8-13)15-9-14(3,4)10-16/h5-8,11,15-16H,9-10H2,1-4H3. The summed E-state index contributed by atoms with van der Waals surface area (Å²) in [6.07, 6.45) is 0.196. The van der Waals surface area contributed by atoms with Gasteiger partial charge in [-0.25, -0.2) is 0 Å². The topological polar surface area (TPSA) is 41.5 Å². The van der Waals surface area contributed by atoms with Gasteiger partial charge in [0.05, 0.1) is 6.10 Å². The molecule has 0 aliphatic heterocycles. The summed E-state index contributed by atoms with van der Waals surface area (Å²) < 4.78 is 5.57. The lowest BCUT2D eigenvalue weighted by Gasteiger charge is -2.22. The van der Waals surface area contributed by atoms with E-state index in [4.69, 9.17) is 9.84 Å². The molecular formula is C14H23NO2. The van der Waals surface area contributed by atoms with E-state index in [1.165, 1.54) is 0 Å². The molecule has 1 aromatic carbocycles. The fourth-order valence-corrected chi connectivity index (χ4v) is 1.32. The highest BCUT2D eigenvalue weighted by Gasteiger charge is 2.15. The number of ether oxygens (including phenoxy) is 1. The molecule has 17 heavy (non-hydrogen) atoms. The molecule has 0 saturated carbocycles. The fourth-order valence-electron chi connectivity index (χ4n) is 1.32. The third kappa shape index (κ3) is 5.09. The molecule has 0 aliphatic rings. The van der Waals surface area contributed by atoms with Crippen molar-refractivity contribution in [1.29, 1.82) is 0 Å². The Kier molecular flexibility index (Phi) is 4.82. The van der Waals surface area contributed by atoms with Crippen LogP contribution in [-0.4, -0.2) is 24.4 Å². The fraction of sp³-hybridized carbons (Fsp3) is 0.571. The number of hydrogen-bond acceptors (Lipinski definition) is 3. The summed E-state index contributed by atoms with van der Waals surface area (Å²) in [4.78, 5) is 0. The lowest BCUT2D eigenvalue weighted by atomic mass is 9.95. The van der Waals surface area contributed by atoms with Crippen LogP contribution in [0.15, 0.2) is 24.3 Å². The van der Waals surface area contributed by atoms with Crippen molar-refractivity contribution in [1.82, 2.24) is 0 Å². The normalized spacial score (nSPS) is 11.6. The van der Waals surface area contributed by atoms with Crippen LogP contribution in [0.1, 0.15) is 27.7 Å². The zero-order valence-corrected chi connectivity index (χ0v) is 11.2. The highest BCUT2D eigenvalue weighted by atomic mass is 16.5. The van der Waals surface area contributed by atoms with Crippen LogP contribution in [0.25, 0.3) is 0 Å². The van der Waals surface area contributed by atoms with Crippen molar-refractivity contribution in [3.8, 4) is 5.75 Å². The molecule has 0 aliphatic carbocycles. The van der Waals surface area contributed by atoms with Crippen LogP contribution in [0.4, 0.5) is 5.69 Å². The first kappa shape index (κ1) is 13.8. The highest BCUT2D eigenvalue weighted by molar-refractivity contribution is 5.46. The van der Waals surface area contributed by atoms with Gasteiger partial charge in [-0.15, -0.1) is 0 Å². The average molecular weight is 237 g/mol. The van der Waals surface area contributed by atoms with Gasteiger partial charge >= 0.3 is 0 Å². The van der Waals surface area contributed by atoms with Gasteiger partial charge in [0.2, 0.25) is 0 Å². The molecule has 0 atom stereocenters. The second kappa shape index (κ2) is 5.92. The Bertz CT molecular complexity index is 331. The van der Waals surface area contributed by atoms with Crippen LogP contribution in [0.3, 0.4) is 0 Å². The van der Waals surface area contributed by atoms with Crippen LogP contribution in [-0.2, 0) is 0 Å². The second-order valence-corrected chi connectivity index (χ2v) is 5.37. The van der Waals surface area contributed by atoms with Crippen molar-refractivity contribution in [2.75, 3.05) is 18.5 Å². The highest BCUT2D eigenvalue weighted by Crippen LogP contribution is 2.19. The third-order valence-corrected chi connectivity index (χ3v) is 2.43. The van der Waals surface area contributed by atoms with Gasteiger partial charge in [0, 0.05) is 24.3 Å². The molecule has 0 bridgehead atoms. The number of benzene rings is 1. The van der Waals surface area contributed by atoms with E-state index < -0.39 is 0 Å². The van der Waals surface area contributed by atoms with Crippen molar-refractivity contribution >= 4 is 5.69 Å². The predicted molar refractivity (Wildman–Crippen MR) is 71.6 cm³/mol. The largest absolute Gasteiger partial charge is 0.491 e. The Morgan fingerprint density at radius 2 is 1.82 bits per heavy atom. The maximum Gasteiger partial charge on any atom is 0.119 e. The van der Waals surface area contributed by atoms with E-state index in [1.807, 2.05) is 52.0 Å². The quantitative estimate of drug-likeness (QED) is 0.799. The number of anilines is 1. The molecular weight excluding hydrogens is 214 g/mol. The summed E-state index contributed by atoms with van der Waals surface area (Å²) in [7, 11) is 0. The van der Waals surface area contributed by atoms with Gasteiger partial charge in [-0.05, 0) is 38.1 Å². The Balaban J connectivity index is 2.51. The third-order valence-electron chi connectivity index (χ3n) is 2.43. The maximum atomic E-state index is 9.16. The number of hydrogen-bond donors (Lipinski definition) is 2. The second-order valence-electron chi connectivity index (χ2n) is 5.37. The summed E-state index contributed by atoms with van der Waals surface area (Å²) in [5, 5.41) is 12.5. The minimum Gasteiger partial charge on any atom is -0.491 e. The molecule has 96 valence electrons. The molecule has 1 rings (SSSR count). The van der Waals surface area contributed by atoms with Crippen LogP contribution in [0.2, 0.25) is 0 Å². The van der Waals surface area contributed by atoms with E-state index in [2.05, 4.69) is 5.32 Å². The maximum absolute atomic E-state index is 9.16. The number of rotatable bonds is 6. The first-order chi connectivity index (χ1) is 7.93. The molecule has 0 spiro atoms. The number of aliphatic hydroxyl groups is 1. The summed E-state index contributed by atoms with van der Waals surface area (Å²) in [5.74, 6) is 0.881. The molecule has 0 radical (unpaired) electrons. The molecule has 0 aromatic heterocycles. The molecule has 0 unspecified atom stereocenters. The lowest BCUT2D eigenvalue weighted by molar-refractivity contribution is 0.171. The molecule has 0 heterocycles. The molecule has 0 amide bonds. The van der Waals surface area contributed by atoms with Crippen LogP contribution in [0.5, 0.6) is 5.75 Å². The van der Waals surface area contributed by atoms with Gasteiger partial charge in [0.15, 0.2) is 0 Å². The smallest absolute Gasteiger partial charge is 0.119 e. The van der Waals surface area contributed by atoms with E-state index in [0.717, 1.165) is 18.0 Å². The molecule has 3 nitrogen and oxygen atoms in total. The lowest BCUT2D eigenvalue weighted by Crippen LogP contribution is -2.26. The van der Waals surface area contributed by atoms with E-state index in [1.54, 1.807) is 0 Å². The Hall–Kier alpha value is -1.22. The monoisotopic (exact) mass is 237 g/mol. The minimum absolute atomic E-state index is 0.104. The van der Waals surface area contributed by atoms with Gasteiger partial charge < -0.3 is 15.2 Å². The van der Waals surface area contributed by atoms with Crippen molar-refractivity contribution in [2.24, 2.45) is 5.41 Å². The Morgan fingerprint density at radius 1 is 1.24 bits per heavy atom. The van der Waals surface area contributed by atoms with Crippen molar-refractivity contribution < 1.29 is 9.84 Å². The van der Waals surface area contributed by atoms with Crippen LogP contribution in [0, 0.1) is 5.41 Å². The van der Waals surface area contributed by atoms with Gasteiger partial charge in [-0.3, -0.25) is 0 Å². The van der Waals surface area contributed by atoms with Crippen LogP contribution < -0.4 is 10.1 Å². The van der Waals surface area contributed by atoms with Gasteiger partial charge in [0.25, 0.3) is 0 Å². The van der Waals surface area contributed by atoms with Gasteiger partial charge in [-0.2, -0.15) is 0 Å². The zero-order chi connectivity index (χ0) is 12.9. The van der Waals surface area contributed by atoms with Crippen molar-refractivity contribution in [2.45, 2.75) is 33.8 Å². The molecule has 0 fully saturated rings. The Labute approximate surface area is 104 Å². The molecule has 3 heteroatoms. The first-order valence-corrected chi connectivity index (χ1v) is 6.04. The molecule has 0 saturated heterocycles. The predicted octanol–water partition coefficient (Wildman–Crippen LogP) is 2.90. The zero-order valence-electron chi connectivity index (χ0n) is 11.2. The first-order valence-electron chi connectivity index (χ1n) is 6.04. The van der Waals surface area contributed by atoms with Gasteiger partial charge in [0.1, 0.15) is 5.75 Å². The number of nitrogens with one attached hydrogen (secondary N) is 1. The van der Waals surface area contributed by atoms with E-state index in [9.17, 15) is 0 Å². The summed E-state index contributed by atoms with van der Waals surface area (Å²) >= 11 is 0. The van der Waals surface area contributed by atoms with Crippen molar-refractivity contribution in [3.05, 3.63) is 24.3 Å². The molecule has 1 aromatic rings. The van der Waals surface area contributed by atoms with E-state index in [-0.39, 0.29) is 18.1 Å². The SMILES string of the molecule is CC(C)Oc1ccc(NCC(C)(C)CO)cc1. The Morgan fingerprint density at radius 3 is 2.29 bits per heavy atom. The summed E-state index contributed by atoms with van der Waals surface area (Å²) in [6.45, 7) is 8.99.